The van der Waals surface area contributed by atoms with E-state index in [-0.39, 0.29) is 29.9 Å². The van der Waals surface area contributed by atoms with Crippen LogP contribution in [0.3, 0.4) is 0 Å². The number of hydrogen-bond donors (Lipinski definition) is 2. The molecule has 0 atom stereocenters. The summed E-state index contributed by atoms with van der Waals surface area (Å²) < 4.78 is 0. The molecule has 0 aliphatic heterocycles. The van der Waals surface area contributed by atoms with Crippen molar-refractivity contribution in [1.29, 1.82) is 0 Å². The smallest absolute Gasteiger partial charge is 0.222 e. The van der Waals surface area contributed by atoms with Crippen LogP contribution in [0.15, 0.2) is 24.3 Å². The third kappa shape index (κ3) is 7.79. The third-order valence-corrected chi connectivity index (χ3v) is 3.50. The molecule has 2 amide bonds. The van der Waals surface area contributed by atoms with E-state index in [4.69, 9.17) is 11.6 Å². The zero-order chi connectivity index (χ0) is 17.2. The maximum atomic E-state index is 11.9. The lowest BCUT2D eigenvalue weighted by Crippen LogP contribution is -2.36. The molecule has 6 heteroatoms. The maximum absolute atomic E-state index is 11.9. The van der Waals surface area contributed by atoms with Gasteiger partial charge in [0.2, 0.25) is 11.8 Å². The molecule has 2 N–H and O–H groups in total. The standard InChI is InChI=1S/C17H23ClN2O3/c1-12(2)17(23)20-11-10-19-16(22)5-3-4-15(21)13-6-8-14(18)9-7-13/h6-9,12H,3-5,10-11H2,1-2H3,(H,19,22)(H,20,23). The van der Waals surface area contributed by atoms with Crippen LogP contribution in [-0.4, -0.2) is 30.7 Å². The summed E-state index contributed by atoms with van der Waals surface area (Å²) >= 11 is 5.77. The van der Waals surface area contributed by atoms with Crippen LogP contribution in [0.25, 0.3) is 0 Å². The Balaban J connectivity index is 2.15. The van der Waals surface area contributed by atoms with E-state index in [1.807, 2.05) is 13.8 Å². The fourth-order valence-corrected chi connectivity index (χ4v) is 2.00. The molecule has 0 fully saturated rings. The van der Waals surface area contributed by atoms with E-state index in [0.29, 0.717) is 36.5 Å². The normalized spacial score (nSPS) is 10.4. The minimum atomic E-state index is -0.118. The highest BCUT2D eigenvalue weighted by Gasteiger charge is 2.08. The molecule has 0 spiro atoms. The number of Topliss-reactive ketones (excluding diaryl/α,β-unsaturated/α-hetero) is 1. The number of ketones is 1. The van der Waals surface area contributed by atoms with Gasteiger partial charge in [0.1, 0.15) is 0 Å². The second kappa shape index (κ2) is 10.0. The van der Waals surface area contributed by atoms with E-state index in [9.17, 15) is 14.4 Å². The van der Waals surface area contributed by atoms with Crippen molar-refractivity contribution in [3.8, 4) is 0 Å². The van der Waals surface area contributed by atoms with E-state index in [1.54, 1.807) is 24.3 Å². The maximum Gasteiger partial charge on any atom is 0.222 e. The van der Waals surface area contributed by atoms with Crippen LogP contribution in [0.1, 0.15) is 43.5 Å². The van der Waals surface area contributed by atoms with Crippen LogP contribution in [0, 0.1) is 5.92 Å². The highest BCUT2D eigenvalue weighted by Crippen LogP contribution is 2.12. The topological polar surface area (TPSA) is 75.3 Å². The second-order valence-corrected chi connectivity index (χ2v) is 6.02. The number of halogens is 1. The summed E-state index contributed by atoms with van der Waals surface area (Å²) in [6, 6.07) is 6.71. The Labute approximate surface area is 141 Å². The molecule has 126 valence electrons. The van der Waals surface area contributed by atoms with Crippen molar-refractivity contribution < 1.29 is 14.4 Å². The van der Waals surface area contributed by atoms with Crippen molar-refractivity contribution in [1.82, 2.24) is 10.6 Å². The number of nitrogens with one attached hydrogen (secondary N) is 2. The number of carbonyl (C=O) groups excluding carboxylic acids is 3. The minimum absolute atomic E-state index is 0.00124. The van der Waals surface area contributed by atoms with Crippen molar-refractivity contribution in [2.75, 3.05) is 13.1 Å². The van der Waals surface area contributed by atoms with Gasteiger partial charge in [-0.1, -0.05) is 25.4 Å². The summed E-state index contributed by atoms with van der Waals surface area (Å²) in [6.07, 6.45) is 1.10. The Morgan fingerprint density at radius 1 is 1.00 bits per heavy atom. The fraction of sp³-hybridized carbons (Fsp3) is 0.471. The lowest BCUT2D eigenvalue weighted by atomic mass is 10.1. The van der Waals surface area contributed by atoms with Gasteiger partial charge in [-0.15, -0.1) is 0 Å². The predicted molar refractivity (Wildman–Crippen MR) is 90.5 cm³/mol. The number of carbonyl (C=O) groups is 3. The zero-order valence-corrected chi connectivity index (χ0v) is 14.3. The number of hydrogen-bond acceptors (Lipinski definition) is 3. The van der Waals surface area contributed by atoms with Gasteiger partial charge < -0.3 is 10.6 Å². The van der Waals surface area contributed by atoms with Gasteiger partial charge in [0, 0.05) is 42.4 Å². The van der Waals surface area contributed by atoms with Gasteiger partial charge in [0.25, 0.3) is 0 Å². The zero-order valence-electron chi connectivity index (χ0n) is 13.5. The molecule has 0 saturated heterocycles. The fourth-order valence-electron chi connectivity index (χ4n) is 1.87. The van der Waals surface area contributed by atoms with Crippen LogP contribution in [0.2, 0.25) is 5.02 Å². The minimum Gasteiger partial charge on any atom is -0.354 e. The SMILES string of the molecule is CC(C)C(=O)NCCNC(=O)CCCC(=O)c1ccc(Cl)cc1. The second-order valence-electron chi connectivity index (χ2n) is 5.58. The van der Waals surface area contributed by atoms with Gasteiger partial charge in [-0.2, -0.15) is 0 Å². The molecular formula is C17H23ClN2O3. The van der Waals surface area contributed by atoms with Crippen LogP contribution in [0.4, 0.5) is 0 Å². The van der Waals surface area contributed by atoms with Crippen molar-refractivity contribution in [3.63, 3.8) is 0 Å². The largest absolute Gasteiger partial charge is 0.354 e. The lowest BCUT2D eigenvalue weighted by Gasteiger charge is -2.08. The lowest BCUT2D eigenvalue weighted by molar-refractivity contribution is -0.124. The first-order valence-corrected chi connectivity index (χ1v) is 8.11. The molecule has 0 saturated carbocycles. The van der Waals surface area contributed by atoms with Crippen molar-refractivity contribution >= 4 is 29.2 Å². The molecule has 0 unspecified atom stereocenters. The molecule has 5 nitrogen and oxygen atoms in total. The van der Waals surface area contributed by atoms with E-state index in [2.05, 4.69) is 10.6 Å². The van der Waals surface area contributed by atoms with Crippen LogP contribution >= 0.6 is 11.6 Å². The molecule has 0 bridgehead atoms. The molecule has 1 aromatic carbocycles. The third-order valence-electron chi connectivity index (χ3n) is 3.24. The number of benzene rings is 1. The highest BCUT2D eigenvalue weighted by molar-refractivity contribution is 6.30. The summed E-state index contributed by atoms with van der Waals surface area (Å²) in [4.78, 5) is 34.9. The Morgan fingerprint density at radius 2 is 1.61 bits per heavy atom. The average molecular weight is 339 g/mol. The summed E-state index contributed by atoms with van der Waals surface area (Å²) in [7, 11) is 0. The average Bonchev–Trinajstić information content (AvgIpc) is 2.51. The van der Waals surface area contributed by atoms with E-state index >= 15 is 0 Å². The summed E-state index contributed by atoms with van der Waals surface area (Å²) in [5.41, 5.74) is 0.603. The van der Waals surface area contributed by atoms with Crippen LogP contribution < -0.4 is 10.6 Å². The molecular weight excluding hydrogens is 316 g/mol. The van der Waals surface area contributed by atoms with E-state index in [0.717, 1.165) is 0 Å². The molecule has 0 aliphatic carbocycles. The van der Waals surface area contributed by atoms with Gasteiger partial charge in [-0.3, -0.25) is 14.4 Å². The Kier molecular flexibility index (Phi) is 8.33. The quantitative estimate of drug-likeness (QED) is 0.537. The molecule has 1 aromatic rings. The summed E-state index contributed by atoms with van der Waals surface area (Å²) in [6.45, 7) is 4.42. The first kappa shape index (κ1) is 19.2. The number of amides is 2. The molecule has 0 aromatic heterocycles. The Morgan fingerprint density at radius 3 is 2.22 bits per heavy atom. The van der Waals surface area contributed by atoms with Gasteiger partial charge in [0.05, 0.1) is 0 Å². The monoisotopic (exact) mass is 338 g/mol. The number of rotatable bonds is 9. The molecule has 1 rings (SSSR count). The molecule has 23 heavy (non-hydrogen) atoms. The predicted octanol–water partition coefficient (Wildman–Crippen LogP) is 2.58. The van der Waals surface area contributed by atoms with Crippen LogP contribution in [0.5, 0.6) is 0 Å². The van der Waals surface area contributed by atoms with Crippen molar-refractivity contribution in [2.24, 2.45) is 5.92 Å². The Hall–Kier alpha value is -1.88. The summed E-state index contributed by atoms with van der Waals surface area (Å²) in [5, 5.41) is 6.02. The molecule has 0 aliphatic rings. The first-order valence-electron chi connectivity index (χ1n) is 7.73. The van der Waals surface area contributed by atoms with Gasteiger partial charge in [0.15, 0.2) is 5.78 Å². The van der Waals surface area contributed by atoms with Gasteiger partial charge in [-0.25, -0.2) is 0 Å². The van der Waals surface area contributed by atoms with Crippen molar-refractivity contribution in [3.05, 3.63) is 34.9 Å². The Bertz CT molecular complexity index is 541. The first-order chi connectivity index (χ1) is 10.9. The van der Waals surface area contributed by atoms with E-state index in [1.165, 1.54) is 0 Å². The van der Waals surface area contributed by atoms with Gasteiger partial charge >= 0.3 is 0 Å². The molecule has 0 heterocycles. The van der Waals surface area contributed by atoms with Crippen molar-refractivity contribution in [2.45, 2.75) is 33.1 Å². The molecule has 0 radical (unpaired) electrons. The van der Waals surface area contributed by atoms with Gasteiger partial charge in [-0.05, 0) is 30.7 Å². The highest BCUT2D eigenvalue weighted by atomic mass is 35.5. The summed E-state index contributed by atoms with van der Waals surface area (Å²) in [5.74, 6) is -0.219. The van der Waals surface area contributed by atoms with Crippen LogP contribution in [-0.2, 0) is 9.59 Å². The van der Waals surface area contributed by atoms with E-state index < -0.39 is 0 Å².